The summed E-state index contributed by atoms with van der Waals surface area (Å²) in [5, 5.41) is 8.75. The summed E-state index contributed by atoms with van der Waals surface area (Å²) >= 11 is 0. The van der Waals surface area contributed by atoms with Gasteiger partial charge >= 0.3 is 16.5 Å². The molecule has 0 heterocycles. The Morgan fingerprint density at radius 1 is 1.42 bits per heavy atom. The maximum Gasteiger partial charge on any atom is 0.488 e. The molecule has 1 aromatic rings. The third-order valence-corrected chi connectivity index (χ3v) is 3.00. The van der Waals surface area contributed by atoms with Gasteiger partial charge in [0.25, 0.3) is 0 Å². The van der Waals surface area contributed by atoms with Crippen molar-refractivity contribution in [3.05, 3.63) is 28.8 Å². The van der Waals surface area contributed by atoms with E-state index in [1.165, 1.54) is 12.1 Å². The smallest absolute Gasteiger partial charge is 0.480 e. The summed E-state index contributed by atoms with van der Waals surface area (Å²) < 4.78 is 37.3. The molecule has 19 heavy (non-hydrogen) atoms. The molecule has 0 spiro atoms. The Bertz CT molecular complexity index is 576. The molecule has 0 saturated carbocycles. The van der Waals surface area contributed by atoms with Gasteiger partial charge in [0.1, 0.15) is 11.8 Å². The summed E-state index contributed by atoms with van der Waals surface area (Å²) in [5.74, 6) is -1.30. The zero-order chi connectivity index (χ0) is 14.8. The second kappa shape index (κ2) is 5.54. The minimum atomic E-state index is -5.08. The van der Waals surface area contributed by atoms with Crippen LogP contribution in [0.5, 0.6) is 5.75 Å². The molecule has 0 fully saturated rings. The molecule has 0 saturated heterocycles. The normalized spacial score (nSPS) is 13.1. The highest BCUT2D eigenvalue weighted by Crippen LogP contribution is 2.24. The van der Waals surface area contributed by atoms with Gasteiger partial charge in [-0.1, -0.05) is 3.89 Å². The van der Waals surface area contributed by atoms with E-state index in [0.717, 1.165) is 0 Å². The summed E-state index contributed by atoms with van der Waals surface area (Å²) in [4.78, 5) is 10.7. The fourth-order valence-electron chi connectivity index (χ4n) is 1.75. The number of aryl methyl sites for hydroxylation is 2. The van der Waals surface area contributed by atoms with Crippen molar-refractivity contribution in [2.45, 2.75) is 26.3 Å². The Morgan fingerprint density at radius 3 is 2.26 bits per heavy atom. The summed E-state index contributed by atoms with van der Waals surface area (Å²) in [7, 11) is -5.08. The molecule has 8 heteroatoms. The van der Waals surface area contributed by atoms with E-state index >= 15 is 0 Å². The molecular formula is C11H14FNO5S. The molecule has 0 bridgehead atoms. The van der Waals surface area contributed by atoms with E-state index in [1.54, 1.807) is 13.8 Å². The van der Waals surface area contributed by atoms with Gasteiger partial charge in [-0.2, -0.15) is 8.42 Å². The molecule has 0 aliphatic carbocycles. The van der Waals surface area contributed by atoms with E-state index in [2.05, 4.69) is 4.18 Å². The first-order valence-electron chi connectivity index (χ1n) is 5.32. The minimum Gasteiger partial charge on any atom is -0.480 e. The third-order valence-electron chi connectivity index (χ3n) is 2.61. The van der Waals surface area contributed by atoms with Gasteiger partial charge in [0, 0.05) is 0 Å². The van der Waals surface area contributed by atoms with Gasteiger partial charge in [0.2, 0.25) is 0 Å². The van der Waals surface area contributed by atoms with Gasteiger partial charge in [-0.15, -0.1) is 0 Å². The number of aliphatic carboxylic acids is 1. The van der Waals surface area contributed by atoms with Crippen LogP contribution in [0.1, 0.15) is 16.7 Å². The second-order valence-electron chi connectivity index (χ2n) is 4.16. The van der Waals surface area contributed by atoms with E-state index < -0.39 is 22.5 Å². The van der Waals surface area contributed by atoms with Gasteiger partial charge in [-0.3, -0.25) is 4.79 Å². The number of hydrogen-bond acceptors (Lipinski definition) is 5. The van der Waals surface area contributed by atoms with Crippen LogP contribution in [0, 0.1) is 13.8 Å². The van der Waals surface area contributed by atoms with Crippen molar-refractivity contribution in [1.82, 2.24) is 0 Å². The third kappa shape index (κ3) is 4.49. The van der Waals surface area contributed by atoms with Crippen LogP contribution in [0.15, 0.2) is 12.1 Å². The maximum atomic E-state index is 12.4. The summed E-state index contributed by atoms with van der Waals surface area (Å²) in [6.07, 6.45) is 0.0929. The van der Waals surface area contributed by atoms with E-state index in [1.807, 2.05) is 0 Å². The van der Waals surface area contributed by atoms with Gasteiger partial charge < -0.3 is 15.0 Å². The molecule has 6 nitrogen and oxygen atoms in total. The summed E-state index contributed by atoms with van der Waals surface area (Å²) in [6, 6.07) is 1.57. The van der Waals surface area contributed by atoms with Gasteiger partial charge in [0.15, 0.2) is 0 Å². The fourth-order valence-corrected chi connectivity index (χ4v) is 2.07. The Labute approximate surface area is 110 Å². The summed E-state index contributed by atoms with van der Waals surface area (Å²) in [5.41, 5.74) is 7.26. The van der Waals surface area contributed by atoms with Crippen LogP contribution in [-0.4, -0.2) is 25.5 Å². The molecule has 0 aliphatic heterocycles. The average Bonchev–Trinajstić information content (AvgIpc) is 2.20. The number of benzene rings is 1. The lowest BCUT2D eigenvalue weighted by Crippen LogP contribution is -2.32. The quantitative estimate of drug-likeness (QED) is 0.779. The molecule has 0 amide bonds. The van der Waals surface area contributed by atoms with Crippen molar-refractivity contribution >= 4 is 16.5 Å². The highest BCUT2D eigenvalue weighted by Gasteiger charge is 2.17. The van der Waals surface area contributed by atoms with Crippen molar-refractivity contribution in [3.8, 4) is 5.75 Å². The molecule has 0 aliphatic rings. The Morgan fingerprint density at radius 2 is 1.89 bits per heavy atom. The fraction of sp³-hybridized carbons (Fsp3) is 0.364. The maximum absolute atomic E-state index is 12.4. The van der Waals surface area contributed by atoms with E-state index in [9.17, 15) is 17.1 Å². The zero-order valence-electron chi connectivity index (χ0n) is 10.4. The minimum absolute atomic E-state index is 0.0929. The lowest BCUT2D eigenvalue weighted by molar-refractivity contribution is -0.138. The van der Waals surface area contributed by atoms with Gasteiger partial charge in [-0.25, -0.2) is 0 Å². The molecule has 1 aromatic carbocycles. The molecule has 106 valence electrons. The molecule has 3 N–H and O–H groups in total. The number of carboxylic acid groups (broad SMARTS) is 1. The highest BCUT2D eigenvalue weighted by molar-refractivity contribution is 7.81. The van der Waals surface area contributed by atoms with Crippen molar-refractivity contribution in [3.63, 3.8) is 0 Å². The van der Waals surface area contributed by atoms with Crippen LogP contribution in [0.2, 0.25) is 0 Å². The molecule has 0 radical (unpaired) electrons. The van der Waals surface area contributed by atoms with E-state index in [-0.39, 0.29) is 12.2 Å². The monoisotopic (exact) mass is 291 g/mol. The molecule has 1 rings (SSSR count). The zero-order valence-corrected chi connectivity index (χ0v) is 11.2. The lowest BCUT2D eigenvalue weighted by atomic mass is 9.96. The molecule has 0 unspecified atom stereocenters. The molecule has 0 aromatic heterocycles. The van der Waals surface area contributed by atoms with Crippen molar-refractivity contribution in [2.24, 2.45) is 5.73 Å². The second-order valence-corrected chi connectivity index (χ2v) is 5.11. The van der Waals surface area contributed by atoms with Crippen molar-refractivity contribution < 1.29 is 26.4 Å². The predicted molar refractivity (Wildman–Crippen MR) is 65.9 cm³/mol. The lowest BCUT2D eigenvalue weighted by Gasteiger charge is -2.14. The van der Waals surface area contributed by atoms with Gasteiger partial charge in [-0.05, 0) is 49.1 Å². The van der Waals surface area contributed by atoms with Crippen molar-refractivity contribution in [2.75, 3.05) is 0 Å². The van der Waals surface area contributed by atoms with Crippen LogP contribution >= 0.6 is 0 Å². The standard InChI is InChI=1S/C11H14FNO5S/c1-6-3-8(18-19(12,16)17)4-7(2)9(6)5-10(13)11(14)15/h3-4,10H,5,13H2,1-2H3,(H,14,15)/t10-/m0/s1. The molecular weight excluding hydrogens is 277 g/mol. The van der Waals surface area contributed by atoms with Crippen LogP contribution in [-0.2, 0) is 21.7 Å². The topological polar surface area (TPSA) is 107 Å². The number of carbonyl (C=O) groups is 1. The summed E-state index contributed by atoms with van der Waals surface area (Å²) in [6.45, 7) is 3.27. The van der Waals surface area contributed by atoms with E-state index in [0.29, 0.717) is 16.7 Å². The number of halogens is 1. The number of nitrogens with two attached hydrogens (primary N) is 1. The first kappa shape index (κ1) is 15.4. The number of rotatable bonds is 5. The Balaban J connectivity index is 3.07. The average molecular weight is 291 g/mol. The SMILES string of the molecule is Cc1cc(OS(=O)(=O)F)cc(C)c1C[C@H](N)C(=O)O. The van der Waals surface area contributed by atoms with Crippen LogP contribution in [0.4, 0.5) is 3.89 Å². The predicted octanol–water partition coefficient (Wildman–Crippen LogP) is 0.851. The number of hydrogen-bond donors (Lipinski definition) is 2. The van der Waals surface area contributed by atoms with Gasteiger partial charge in [0.05, 0.1) is 0 Å². The van der Waals surface area contributed by atoms with E-state index in [4.69, 9.17) is 10.8 Å². The van der Waals surface area contributed by atoms with Crippen molar-refractivity contribution in [1.29, 1.82) is 0 Å². The number of carboxylic acids is 1. The Hall–Kier alpha value is -1.67. The van der Waals surface area contributed by atoms with Crippen LogP contribution < -0.4 is 9.92 Å². The largest absolute Gasteiger partial charge is 0.488 e. The highest BCUT2D eigenvalue weighted by atomic mass is 32.3. The van der Waals surface area contributed by atoms with Crippen LogP contribution in [0.3, 0.4) is 0 Å². The Kier molecular flexibility index (Phi) is 4.48. The van der Waals surface area contributed by atoms with Crippen LogP contribution in [0.25, 0.3) is 0 Å². The molecule has 1 atom stereocenters. The first-order valence-corrected chi connectivity index (χ1v) is 6.63. The first-order chi connectivity index (χ1) is 8.60.